The Bertz CT molecular complexity index is 1230. The van der Waals surface area contributed by atoms with E-state index in [1.54, 1.807) is 6.07 Å². The van der Waals surface area contributed by atoms with E-state index in [1.807, 2.05) is 6.07 Å². The first-order valence-corrected chi connectivity index (χ1v) is 12.6. The molecular weight excluding hydrogens is 428 g/mol. The van der Waals surface area contributed by atoms with Crippen LogP contribution in [0.15, 0.2) is 65.5 Å². The van der Waals surface area contributed by atoms with Crippen LogP contribution in [-0.2, 0) is 26.1 Å². The van der Waals surface area contributed by atoms with Gasteiger partial charge >= 0.3 is 0 Å². The molecule has 0 amide bonds. The molecule has 0 saturated heterocycles. The average Bonchev–Trinajstić information content (AvgIpc) is 3.22. The van der Waals surface area contributed by atoms with Crippen molar-refractivity contribution in [1.29, 1.82) is 0 Å². The second-order valence-electron chi connectivity index (χ2n) is 8.91. The second-order valence-corrected chi connectivity index (χ2v) is 9.95. The summed E-state index contributed by atoms with van der Waals surface area (Å²) in [4.78, 5) is 20.6. The summed E-state index contributed by atoms with van der Waals surface area (Å²) in [6.07, 6.45) is 3.07. The van der Waals surface area contributed by atoms with Crippen LogP contribution in [0.25, 0.3) is 4.96 Å². The van der Waals surface area contributed by atoms with E-state index in [2.05, 4.69) is 79.3 Å². The molecule has 0 N–H and O–H groups in total. The summed E-state index contributed by atoms with van der Waals surface area (Å²) in [6.45, 7) is 8.77. The van der Waals surface area contributed by atoms with Gasteiger partial charge in [-0.2, -0.15) is 9.61 Å². The number of nitrogens with zero attached hydrogens (tertiary/aromatic N) is 4. The van der Waals surface area contributed by atoms with Gasteiger partial charge in [0.05, 0.1) is 5.69 Å². The number of unbranched alkanes of at least 4 members (excludes halogenated alkanes) is 1. The topological polar surface area (TPSA) is 50.5 Å². The molecule has 0 radical (unpaired) electrons. The lowest BCUT2D eigenvalue weighted by Gasteiger charge is -2.22. The maximum Gasteiger partial charge on any atom is 0.275 e. The van der Waals surface area contributed by atoms with Crippen molar-refractivity contribution in [2.24, 2.45) is 0 Å². The van der Waals surface area contributed by atoms with E-state index in [0.29, 0.717) is 17.4 Å². The molecule has 33 heavy (non-hydrogen) atoms. The second kappa shape index (κ2) is 10.9. The first-order chi connectivity index (χ1) is 16.0. The summed E-state index contributed by atoms with van der Waals surface area (Å²) in [7, 11) is 0. The van der Waals surface area contributed by atoms with Gasteiger partial charge in [0, 0.05) is 32.1 Å². The van der Waals surface area contributed by atoms with Crippen molar-refractivity contribution in [1.82, 2.24) is 19.5 Å². The minimum atomic E-state index is -0.102. The third-order valence-corrected chi connectivity index (χ3v) is 6.74. The van der Waals surface area contributed by atoms with Crippen molar-refractivity contribution >= 4 is 16.3 Å². The Morgan fingerprint density at radius 1 is 0.970 bits per heavy atom. The quantitative estimate of drug-likeness (QED) is 0.299. The Labute approximate surface area is 199 Å². The van der Waals surface area contributed by atoms with Gasteiger partial charge in [-0.1, -0.05) is 93.1 Å². The predicted octanol–water partition coefficient (Wildman–Crippen LogP) is 5.82. The van der Waals surface area contributed by atoms with Crippen molar-refractivity contribution in [3.63, 3.8) is 0 Å². The number of hydrogen-bond acceptors (Lipinski definition) is 5. The van der Waals surface area contributed by atoms with Gasteiger partial charge < -0.3 is 0 Å². The molecule has 0 aliphatic carbocycles. The van der Waals surface area contributed by atoms with Crippen LogP contribution in [0.3, 0.4) is 0 Å². The number of rotatable bonds is 10. The van der Waals surface area contributed by atoms with Crippen LogP contribution in [0, 0.1) is 0 Å². The molecule has 2 aromatic heterocycles. The van der Waals surface area contributed by atoms with E-state index in [-0.39, 0.29) is 5.56 Å². The summed E-state index contributed by atoms with van der Waals surface area (Å²) >= 11 is 1.53. The van der Waals surface area contributed by atoms with E-state index in [1.165, 1.54) is 32.5 Å². The van der Waals surface area contributed by atoms with Gasteiger partial charge in [-0.15, -0.1) is 0 Å². The van der Waals surface area contributed by atoms with E-state index in [0.717, 1.165) is 43.1 Å². The minimum Gasteiger partial charge on any atom is -0.289 e. The highest BCUT2D eigenvalue weighted by atomic mass is 32.1. The number of fused-ring (bicyclic) bond motifs is 1. The van der Waals surface area contributed by atoms with Crippen LogP contribution in [-0.4, -0.2) is 19.5 Å². The van der Waals surface area contributed by atoms with Crippen molar-refractivity contribution < 1.29 is 0 Å². The molecule has 0 bridgehead atoms. The standard InChI is InChI=1S/C27H32N4OS/c1-4-5-11-25-29-31-26(32)16-24(28-27(31)33-25)19-30(17-21-9-7-6-8-10-21)18-22-12-14-23(15-13-22)20(2)3/h6-10,12-16,20H,4-5,11,17-19H2,1-3H3. The van der Waals surface area contributed by atoms with Gasteiger partial charge in [-0.3, -0.25) is 9.69 Å². The molecule has 0 saturated carbocycles. The zero-order valence-corrected chi connectivity index (χ0v) is 20.5. The predicted molar refractivity (Wildman–Crippen MR) is 136 cm³/mol. The largest absolute Gasteiger partial charge is 0.289 e. The van der Waals surface area contributed by atoms with Gasteiger partial charge in [0.25, 0.3) is 5.56 Å². The molecule has 2 heterocycles. The Morgan fingerprint density at radius 3 is 2.33 bits per heavy atom. The van der Waals surface area contributed by atoms with Gasteiger partial charge in [0.15, 0.2) is 0 Å². The molecule has 0 aliphatic rings. The van der Waals surface area contributed by atoms with Gasteiger partial charge in [-0.05, 0) is 29.0 Å². The van der Waals surface area contributed by atoms with Crippen molar-refractivity contribution in [2.45, 2.75) is 65.6 Å². The molecule has 4 rings (SSSR count). The smallest absolute Gasteiger partial charge is 0.275 e. The zero-order chi connectivity index (χ0) is 23.2. The Hall–Kier alpha value is -2.83. The molecule has 6 heteroatoms. The summed E-state index contributed by atoms with van der Waals surface area (Å²) in [6, 6.07) is 20.9. The fourth-order valence-electron chi connectivity index (χ4n) is 3.91. The number of aryl methyl sites for hydroxylation is 1. The van der Waals surface area contributed by atoms with Crippen molar-refractivity contribution in [2.75, 3.05) is 0 Å². The third kappa shape index (κ3) is 6.15. The Kier molecular flexibility index (Phi) is 7.68. The molecule has 4 aromatic rings. The highest BCUT2D eigenvalue weighted by Crippen LogP contribution is 2.19. The molecule has 5 nitrogen and oxygen atoms in total. The minimum absolute atomic E-state index is 0.102. The number of aromatic nitrogens is 3. The lowest BCUT2D eigenvalue weighted by atomic mass is 10.0. The molecule has 172 valence electrons. The third-order valence-electron chi connectivity index (χ3n) is 5.77. The maximum atomic E-state index is 12.7. The van der Waals surface area contributed by atoms with Gasteiger partial charge in [0.2, 0.25) is 4.96 Å². The van der Waals surface area contributed by atoms with E-state index < -0.39 is 0 Å². The fraction of sp³-hybridized carbons (Fsp3) is 0.370. The Balaban J connectivity index is 1.58. The number of hydrogen-bond donors (Lipinski definition) is 0. The van der Waals surface area contributed by atoms with E-state index in [4.69, 9.17) is 4.98 Å². The first kappa shape index (κ1) is 23.3. The lowest BCUT2D eigenvalue weighted by Crippen LogP contribution is -2.25. The van der Waals surface area contributed by atoms with Gasteiger partial charge in [0.1, 0.15) is 5.01 Å². The van der Waals surface area contributed by atoms with Crippen LogP contribution in [0.1, 0.15) is 66.9 Å². The number of benzene rings is 2. The van der Waals surface area contributed by atoms with Crippen LogP contribution in [0.5, 0.6) is 0 Å². The first-order valence-electron chi connectivity index (χ1n) is 11.8. The Morgan fingerprint density at radius 2 is 1.67 bits per heavy atom. The summed E-state index contributed by atoms with van der Waals surface area (Å²) in [5, 5.41) is 5.45. The summed E-state index contributed by atoms with van der Waals surface area (Å²) in [5.74, 6) is 0.519. The molecular formula is C27H32N4OS. The maximum absolute atomic E-state index is 12.7. The summed E-state index contributed by atoms with van der Waals surface area (Å²) < 4.78 is 1.45. The zero-order valence-electron chi connectivity index (χ0n) is 19.7. The van der Waals surface area contributed by atoms with Crippen LogP contribution in [0.4, 0.5) is 0 Å². The SMILES string of the molecule is CCCCc1nn2c(=O)cc(CN(Cc3ccccc3)Cc3ccc(C(C)C)cc3)nc2s1. The van der Waals surface area contributed by atoms with E-state index >= 15 is 0 Å². The normalized spacial score (nSPS) is 11.7. The van der Waals surface area contributed by atoms with Crippen LogP contribution >= 0.6 is 11.3 Å². The van der Waals surface area contributed by atoms with Gasteiger partial charge in [-0.25, -0.2) is 4.98 Å². The van der Waals surface area contributed by atoms with E-state index in [9.17, 15) is 4.79 Å². The molecule has 0 spiro atoms. The van der Waals surface area contributed by atoms with Crippen molar-refractivity contribution in [3.05, 3.63) is 98.4 Å². The fourth-order valence-corrected chi connectivity index (χ4v) is 4.87. The molecule has 2 aromatic carbocycles. The molecule has 0 aliphatic heterocycles. The van der Waals surface area contributed by atoms with Crippen molar-refractivity contribution in [3.8, 4) is 0 Å². The molecule has 0 atom stereocenters. The van der Waals surface area contributed by atoms with Crippen LogP contribution < -0.4 is 5.56 Å². The highest BCUT2D eigenvalue weighted by Gasteiger charge is 2.14. The lowest BCUT2D eigenvalue weighted by molar-refractivity contribution is 0.244. The van der Waals surface area contributed by atoms with Crippen LogP contribution in [0.2, 0.25) is 0 Å². The monoisotopic (exact) mass is 460 g/mol. The highest BCUT2D eigenvalue weighted by molar-refractivity contribution is 7.16. The summed E-state index contributed by atoms with van der Waals surface area (Å²) in [5.41, 5.74) is 4.54. The molecule has 0 unspecified atom stereocenters. The molecule has 0 fully saturated rings. The average molecular weight is 461 g/mol.